The molecule has 1 N–H and O–H groups in total. The quantitative estimate of drug-likeness (QED) is 0.852. The van der Waals surface area contributed by atoms with Crippen LogP contribution in [0.15, 0.2) is 0 Å². The molecule has 1 fully saturated rings. The Balaban J connectivity index is 2.19. The predicted octanol–water partition coefficient (Wildman–Crippen LogP) is 1.58. The highest BCUT2D eigenvalue weighted by Crippen LogP contribution is 2.24. The Kier molecular flexibility index (Phi) is 4.42. The normalized spacial score (nSPS) is 18.9. The van der Waals surface area contributed by atoms with Gasteiger partial charge in [0.25, 0.3) is 5.91 Å². The third kappa shape index (κ3) is 2.84. The summed E-state index contributed by atoms with van der Waals surface area (Å²) in [5.74, 6) is -0.308. The van der Waals surface area contributed by atoms with E-state index in [9.17, 15) is 9.59 Å². The van der Waals surface area contributed by atoms with Crippen LogP contribution >= 0.6 is 0 Å². The molecule has 110 valence electrons. The van der Waals surface area contributed by atoms with Crippen LogP contribution in [0.1, 0.15) is 47.4 Å². The van der Waals surface area contributed by atoms with E-state index in [1.165, 1.54) is 7.11 Å². The molecule has 2 rings (SSSR count). The van der Waals surface area contributed by atoms with E-state index in [-0.39, 0.29) is 24.3 Å². The van der Waals surface area contributed by atoms with Gasteiger partial charge < -0.3 is 9.64 Å². The van der Waals surface area contributed by atoms with Gasteiger partial charge in [-0.1, -0.05) is 0 Å². The fourth-order valence-corrected chi connectivity index (χ4v) is 2.77. The summed E-state index contributed by atoms with van der Waals surface area (Å²) in [5, 5.41) is 6.90. The first kappa shape index (κ1) is 14.6. The minimum atomic E-state index is -0.268. The molecule has 0 saturated carbocycles. The van der Waals surface area contributed by atoms with Gasteiger partial charge in [0.2, 0.25) is 0 Å². The van der Waals surface area contributed by atoms with E-state index < -0.39 is 0 Å². The number of carbonyl (C=O) groups is 2. The van der Waals surface area contributed by atoms with E-state index in [2.05, 4.69) is 10.2 Å². The number of esters is 1. The van der Waals surface area contributed by atoms with Crippen LogP contribution in [0.3, 0.4) is 0 Å². The Bertz CT molecular complexity index is 490. The molecule has 1 aromatic rings. The fourth-order valence-electron chi connectivity index (χ4n) is 2.77. The number of ether oxygens (including phenoxy) is 1. The van der Waals surface area contributed by atoms with E-state index in [0.717, 1.165) is 25.0 Å². The van der Waals surface area contributed by atoms with Crippen LogP contribution in [0.2, 0.25) is 0 Å². The first-order chi connectivity index (χ1) is 9.54. The maximum atomic E-state index is 12.7. The highest BCUT2D eigenvalue weighted by atomic mass is 16.5. The lowest BCUT2D eigenvalue weighted by Gasteiger charge is -2.35. The number of aromatic nitrogens is 2. The van der Waals surface area contributed by atoms with Crippen molar-refractivity contribution in [3.63, 3.8) is 0 Å². The Labute approximate surface area is 118 Å². The van der Waals surface area contributed by atoms with E-state index in [0.29, 0.717) is 17.8 Å². The minimum absolute atomic E-state index is 0.0395. The molecule has 1 aromatic heterocycles. The number of hydrogen-bond donors (Lipinski definition) is 1. The first-order valence-corrected chi connectivity index (χ1v) is 6.94. The van der Waals surface area contributed by atoms with Crippen molar-refractivity contribution < 1.29 is 14.3 Å². The van der Waals surface area contributed by atoms with Crippen molar-refractivity contribution >= 4 is 11.9 Å². The molecule has 0 bridgehead atoms. The fraction of sp³-hybridized carbons (Fsp3) is 0.643. The number of amides is 1. The number of aromatic amines is 1. The van der Waals surface area contributed by atoms with Crippen LogP contribution in [0.25, 0.3) is 0 Å². The zero-order chi connectivity index (χ0) is 14.7. The topological polar surface area (TPSA) is 75.3 Å². The maximum Gasteiger partial charge on any atom is 0.307 e. The SMILES string of the molecule is COC(=O)CC1CCCCN1C(=O)c1c(C)n[nH]c1C. The number of aryl methyl sites for hydroxylation is 2. The molecule has 0 radical (unpaired) electrons. The Morgan fingerprint density at radius 3 is 2.75 bits per heavy atom. The number of nitrogens with one attached hydrogen (secondary N) is 1. The summed E-state index contributed by atoms with van der Waals surface area (Å²) in [6.07, 6.45) is 3.11. The Morgan fingerprint density at radius 2 is 2.15 bits per heavy atom. The van der Waals surface area contributed by atoms with Gasteiger partial charge in [0, 0.05) is 18.3 Å². The minimum Gasteiger partial charge on any atom is -0.469 e. The van der Waals surface area contributed by atoms with Gasteiger partial charge in [-0.05, 0) is 33.1 Å². The second-order valence-electron chi connectivity index (χ2n) is 5.24. The number of carbonyl (C=O) groups excluding carboxylic acids is 2. The number of nitrogens with zero attached hydrogens (tertiary/aromatic N) is 2. The zero-order valence-electron chi connectivity index (χ0n) is 12.2. The number of likely N-dealkylation sites (tertiary alicyclic amines) is 1. The molecule has 2 heterocycles. The van der Waals surface area contributed by atoms with Crippen molar-refractivity contribution in [1.29, 1.82) is 0 Å². The number of H-pyrrole nitrogens is 1. The third-order valence-electron chi connectivity index (χ3n) is 3.86. The van der Waals surface area contributed by atoms with Gasteiger partial charge in [-0.25, -0.2) is 0 Å². The van der Waals surface area contributed by atoms with Crippen molar-refractivity contribution in [3.8, 4) is 0 Å². The molecule has 0 aliphatic carbocycles. The van der Waals surface area contributed by atoms with Crippen LogP contribution < -0.4 is 0 Å². The lowest BCUT2D eigenvalue weighted by atomic mass is 9.98. The van der Waals surface area contributed by atoms with Crippen molar-refractivity contribution in [3.05, 3.63) is 17.0 Å². The van der Waals surface area contributed by atoms with E-state index in [1.807, 2.05) is 13.8 Å². The van der Waals surface area contributed by atoms with E-state index in [1.54, 1.807) is 4.90 Å². The van der Waals surface area contributed by atoms with Crippen LogP contribution in [-0.4, -0.2) is 46.7 Å². The summed E-state index contributed by atoms with van der Waals surface area (Å²) in [6.45, 7) is 4.34. The highest BCUT2D eigenvalue weighted by Gasteiger charge is 2.31. The average molecular weight is 279 g/mol. The van der Waals surface area contributed by atoms with Gasteiger partial charge in [-0.3, -0.25) is 14.7 Å². The number of rotatable bonds is 3. The molecule has 1 aliphatic rings. The molecule has 20 heavy (non-hydrogen) atoms. The van der Waals surface area contributed by atoms with Crippen LogP contribution in [0.4, 0.5) is 0 Å². The molecule has 1 aliphatic heterocycles. The van der Waals surface area contributed by atoms with Gasteiger partial charge in [-0.2, -0.15) is 5.10 Å². The summed E-state index contributed by atoms with van der Waals surface area (Å²) in [5.41, 5.74) is 2.10. The molecule has 1 atom stereocenters. The lowest BCUT2D eigenvalue weighted by Crippen LogP contribution is -2.45. The number of hydrogen-bond acceptors (Lipinski definition) is 4. The van der Waals surface area contributed by atoms with Crippen LogP contribution in [0, 0.1) is 13.8 Å². The first-order valence-electron chi connectivity index (χ1n) is 6.94. The third-order valence-corrected chi connectivity index (χ3v) is 3.86. The summed E-state index contributed by atoms with van der Waals surface area (Å²) >= 11 is 0. The number of methoxy groups -OCH3 is 1. The second kappa shape index (κ2) is 6.07. The zero-order valence-corrected chi connectivity index (χ0v) is 12.2. The Hall–Kier alpha value is -1.85. The molecule has 0 spiro atoms. The van der Waals surface area contributed by atoms with Crippen molar-refractivity contribution in [1.82, 2.24) is 15.1 Å². The van der Waals surface area contributed by atoms with Crippen LogP contribution in [0.5, 0.6) is 0 Å². The summed E-state index contributed by atoms with van der Waals surface area (Å²) in [6, 6.07) is -0.0719. The smallest absolute Gasteiger partial charge is 0.307 e. The van der Waals surface area contributed by atoms with Gasteiger partial charge in [0.15, 0.2) is 0 Å². The summed E-state index contributed by atoms with van der Waals surface area (Å²) in [4.78, 5) is 26.0. The lowest BCUT2D eigenvalue weighted by molar-refractivity contribution is -0.142. The maximum absolute atomic E-state index is 12.7. The Morgan fingerprint density at radius 1 is 1.40 bits per heavy atom. The van der Waals surface area contributed by atoms with Crippen molar-refractivity contribution in [2.45, 2.75) is 45.6 Å². The van der Waals surface area contributed by atoms with E-state index in [4.69, 9.17) is 4.74 Å². The van der Waals surface area contributed by atoms with E-state index >= 15 is 0 Å². The largest absolute Gasteiger partial charge is 0.469 e. The molecule has 6 heteroatoms. The molecule has 1 amide bonds. The van der Waals surface area contributed by atoms with Crippen LogP contribution in [-0.2, 0) is 9.53 Å². The number of piperidine rings is 1. The molecule has 1 unspecified atom stereocenters. The van der Waals surface area contributed by atoms with Crippen molar-refractivity contribution in [2.24, 2.45) is 0 Å². The average Bonchev–Trinajstić information content (AvgIpc) is 2.78. The predicted molar refractivity (Wildman–Crippen MR) is 73.4 cm³/mol. The summed E-state index contributed by atoms with van der Waals surface area (Å²) in [7, 11) is 1.38. The second-order valence-corrected chi connectivity index (χ2v) is 5.24. The molecular formula is C14H21N3O3. The summed E-state index contributed by atoms with van der Waals surface area (Å²) < 4.78 is 4.72. The molecule has 0 aromatic carbocycles. The molecule has 6 nitrogen and oxygen atoms in total. The van der Waals surface area contributed by atoms with Gasteiger partial charge in [0.1, 0.15) is 0 Å². The molecule has 1 saturated heterocycles. The van der Waals surface area contributed by atoms with Crippen molar-refractivity contribution in [2.75, 3.05) is 13.7 Å². The van der Waals surface area contributed by atoms with Gasteiger partial charge in [-0.15, -0.1) is 0 Å². The molecular weight excluding hydrogens is 258 g/mol. The van der Waals surface area contributed by atoms with Gasteiger partial charge in [0.05, 0.1) is 24.8 Å². The van der Waals surface area contributed by atoms with Gasteiger partial charge >= 0.3 is 5.97 Å². The standard InChI is InChI=1S/C14H21N3O3/c1-9-13(10(2)16-15-9)14(19)17-7-5-4-6-11(17)8-12(18)20-3/h11H,4-8H2,1-3H3,(H,15,16). The monoisotopic (exact) mass is 279 g/mol. The highest BCUT2D eigenvalue weighted by molar-refractivity contribution is 5.96.